The third-order valence-corrected chi connectivity index (χ3v) is 17.7. The number of hydrogen-bond donors (Lipinski definition) is 5. The van der Waals surface area contributed by atoms with Crippen LogP contribution in [-0.4, -0.2) is 71.7 Å². The second kappa shape index (κ2) is 31.4. The molecule has 73 heavy (non-hydrogen) atoms. The Kier molecular flexibility index (Phi) is 25.9. The number of esters is 1. The molecular formula is C58H93N2O12P. The number of nitrogens with two attached hydrogens (primary N) is 1. The summed E-state index contributed by atoms with van der Waals surface area (Å²) < 4.78 is 43.8. The quantitative estimate of drug-likeness (QED) is 0.0185. The Morgan fingerprint density at radius 3 is 1.88 bits per heavy atom. The van der Waals surface area contributed by atoms with Crippen LogP contribution in [-0.2, 0) is 34.4 Å². The maximum Gasteiger partial charge on any atom is 0.530 e. The highest BCUT2D eigenvalue weighted by Crippen LogP contribution is 2.62. The van der Waals surface area contributed by atoms with Crippen LogP contribution < -0.4 is 20.3 Å². The molecule has 0 aromatic heterocycles. The molecule has 412 valence electrons. The molecule has 3 aliphatic rings. The summed E-state index contributed by atoms with van der Waals surface area (Å²) in [6, 6.07) is 8.89. The third kappa shape index (κ3) is 18.5. The number of methoxy groups -OCH3 is 1. The minimum atomic E-state index is -3.85. The number of benzene rings is 2. The number of hydrogen-bond acceptors (Lipinski definition) is 12. The molecule has 0 heterocycles. The number of aromatic hydroxyl groups is 1. The molecule has 7 atom stereocenters. The van der Waals surface area contributed by atoms with Crippen LogP contribution in [0.15, 0.2) is 30.3 Å². The van der Waals surface area contributed by atoms with Crippen LogP contribution >= 0.6 is 7.82 Å². The number of primary amides is 1. The van der Waals surface area contributed by atoms with Gasteiger partial charge in [0.15, 0.2) is 5.75 Å². The zero-order valence-electron chi connectivity index (χ0n) is 45.0. The van der Waals surface area contributed by atoms with Crippen molar-refractivity contribution in [2.75, 3.05) is 25.6 Å². The normalized spacial score (nSPS) is 21.1. The molecule has 2 aromatic carbocycles. The smallest absolute Gasteiger partial charge is 0.505 e. The first-order chi connectivity index (χ1) is 35.2. The number of phenols is 1. The summed E-state index contributed by atoms with van der Waals surface area (Å²) in [5.41, 5.74) is 7.40. The average Bonchev–Trinajstić information content (AvgIpc) is 3.71. The van der Waals surface area contributed by atoms with Gasteiger partial charge in [-0.3, -0.25) is 23.4 Å². The molecule has 2 aromatic rings. The van der Waals surface area contributed by atoms with E-state index in [0.29, 0.717) is 36.7 Å². The number of unbranched alkanes of at least 4 members (excludes halogenated alkanes) is 18. The number of phosphoric acid groups is 1. The number of rotatable bonds is 37. The summed E-state index contributed by atoms with van der Waals surface area (Å²) >= 11 is 0. The number of amides is 2. The maximum absolute atomic E-state index is 14.3. The Balaban J connectivity index is 1.08. The Hall–Kier alpha value is -3.68. The topological polar surface area (TPSA) is 213 Å². The number of carbonyl (C=O) groups is 3. The van der Waals surface area contributed by atoms with E-state index in [2.05, 4.69) is 38.2 Å². The first-order valence-corrected chi connectivity index (χ1v) is 30.0. The van der Waals surface area contributed by atoms with Gasteiger partial charge in [-0.25, -0.2) is 4.57 Å². The number of aliphatic hydroxyl groups excluding tert-OH is 2. The van der Waals surface area contributed by atoms with Crippen molar-refractivity contribution < 1.29 is 57.3 Å². The van der Waals surface area contributed by atoms with Crippen LogP contribution in [0.3, 0.4) is 0 Å². The number of nitrogens with one attached hydrogen (secondary N) is 1. The third-order valence-electron chi connectivity index (χ3n) is 16.2. The van der Waals surface area contributed by atoms with Gasteiger partial charge in [0.1, 0.15) is 23.2 Å². The molecule has 0 radical (unpaired) electrons. The molecule has 7 unspecified atom stereocenters. The summed E-state index contributed by atoms with van der Waals surface area (Å²) in [6.45, 7) is 7.44. The number of ether oxygens (including phenoxy) is 2. The number of aryl methyl sites for hydroxylation is 1. The van der Waals surface area contributed by atoms with E-state index in [1.54, 1.807) is 0 Å². The van der Waals surface area contributed by atoms with Crippen molar-refractivity contribution in [3.05, 3.63) is 47.0 Å². The number of phosphoric ester groups is 1. The first-order valence-electron chi connectivity index (χ1n) is 28.5. The maximum atomic E-state index is 14.3. The second-order valence-electron chi connectivity index (χ2n) is 21.6. The predicted molar refractivity (Wildman–Crippen MR) is 287 cm³/mol. The summed E-state index contributed by atoms with van der Waals surface area (Å²) in [5.74, 6) is -0.690. The van der Waals surface area contributed by atoms with Crippen molar-refractivity contribution in [3.63, 3.8) is 0 Å². The lowest BCUT2D eigenvalue weighted by molar-refractivity contribution is -0.158. The van der Waals surface area contributed by atoms with Gasteiger partial charge in [-0.05, 0) is 117 Å². The molecule has 0 saturated heterocycles. The number of fused-ring (bicyclic) bond motifs is 5. The monoisotopic (exact) mass is 1040 g/mol. The zero-order chi connectivity index (χ0) is 52.6. The highest BCUT2D eigenvalue weighted by Gasteiger charge is 2.56. The van der Waals surface area contributed by atoms with Crippen molar-refractivity contribution in [1.29, 1.82) is 0 Å². The van der Waals surface area contributed by atoms with E-state index in [0.717, 1.165) is 77.0 Å². The van der Waals surface area contributed by atoms with E-state index in [1.165, 1.54) is 120 Å². The standard InChI is InChI=1S/C58H93N2O12P/c1-5-7-9-11-13-15-17-19-21-23-39-69-73(67,70-40-24-22-20-18-16-14-12-10-8-6-2)72-43-26-28-44-42(41-43)25-27-46-45(44)37-38-58(3)47(46)29-34-52(58)71-54(64)36-32-50(62)49(61)31-35-53(63)60-48-30-33-51(68-4)55(56(48)65)57(59)66/h26,28,30,33,41,45-47,49-50,52,61-62,65H,5-25,27,29,31-32,34-40H2,1-4H3,(H2,59,66)(H,60,63). The number of carbonyl (C=O) groups excluding carboxylic acids is 3. The molecule has 6 N–H and O–H groups in total. The van der Waals surface area contributed by atoms with Crippen molar-refractivity contribution >= 4 is 31.3 Å². The fraction of sp³-hybridized carbons (Fsp3) is 0.741. The fourth-order valence-electron chi connectivity index (χ4n) is 12.0. The average molecular weight is 1040 g/mol. The molecule has 2 amide bonds. The molecule has 2 fully saturated rings. The second-order valence-corrected chi connectivity index (χ2v) is 23.2. The van der Waals surface area contributed by atoms with Crippen LogP contribution in [0, 0.1) is 17.3 Å². The van der Waals surface area contributed by atoms with Gasteiger partial charge in [0.05, 0.1) is 38.2 Å². The summed E-state index contributed by atoms with van der Waals surface area (Å²) in [7, 11) is -2.53. The van der Waals surface area contributed by atoms with Gasteiger partial charge in [-0.2, -0.15) is 0 Å². The highest BCUT2D eigenvalue weighted by atomic mass is 31.2. The van der Waals surface area contributed by atoms with E-state index in [-0.39, 0.29) is 54.2 Å². The lowest BCUT2D eigenvalue weighted by Crippen LogP contribution is -2.45. The van der Waals surface area contributed by atoms with Crippen molar-refractivity contribution in [2.24, 2.45) is 23.0 Å². The first kappa shape index (κ1) is 60.2. The lowest BCUT2D eigenvalue weighted by atomic mass is 9.55. The van der Waals surface area contributed by atoms with Crippen LogP contribution in [0.5, 0.6) is 17.2 Å². The predicted octanol–water partition coefficient (Wildman–Crippen LogP) is 13.6. The van der Waals surface area contributed by atoms with E-state index in [1.807, 2.05) is 6.07 Å². The molecule has 0 bridgehead atoms. The summed E-state index contributed by atoms with van der Waals surface area (Å²) in [5, 5.41) is 34.3. The Morgan fingerprint density at radius 2 is 1.32 bits per heavy atom. The largest absolute Gasteiger partial charge is 0.530 e. The molecule has 0 spiro atoms. The number of anilines is 1. The Labute approximate surface area is 437 Å². The Morgan fingerprint density at radius 1 is 0.753 bits per heavy atom. The molecule has 3 aliphatic carbocycles. The minimum Gasteiger partial charge on any atom is -0.505 e. The van der Waals surface area contributed by atoms with Crippen molar-refractivity contribution in [3.8, 4) is 17.2 Å². The van der Waals surface area contributed by atoms with Crippen molar-refractivity contribution in [2.45, 2.75) is 238 Å². The SMILES string of the molecule is CCCCCCCCCCCCOP(=O)(OCCCCCCCCCCCC)Oc1ccc2c(c1)CCC1C2CCC2(C)C(OC(=O)CCC(O)C(O)CCC(=O)Nc3ccc(OC)c(C(N)=O)c3O)CCC12. The summed E-state index contributed by atoms with van der Waals surface area (Å²) in [6.07, 6.45) is 26.4. The van der Waals surface area contributed by atoms with Crippen LogP contribution in [0.4, 0.5) is 5.69 Å². The van der Waals surface area contributed by atoms with Crippen LogP contribution in [0.2, 0.25) is 0 Å². The van der Waals surface area contributed by atoms with Gasteiger partial charge in [0, 0.05) is 18.3 Å². The van der Waals surface area contributed by atoms with Crippen LogP contribution in [0.25, 0.3) is 0 Å². The van der Waals surface area contributed by atoms with Gasteiger partial charge in [0.2, 0.25) is 5.91 Å². The summed E-state index contributed by atoms with van der Waals surface area (Å²) in [4.78, 5) is 37.7. The molecule has 2 saturated carbocycles. The lowest BCUT2D eigenvalue weighted by Gasteiger charge is -2.50. The van der Waals surface area contributed by atoms with Gasteiger partial charge in [-0.1, -0.05) is 142 Å². The van der Waals surface area contributed by atoms with Crippen molar-refractivity contribution in [1.82, 2.24) is 0 Å². The van der Waals surface area contributed by atoms with E-state index >= 15 is 0 Å². The van der Waals surface area contributed by atoms with Gasteiger partial charge < -0.3 is 40.4 Å². The van der Waals surface area contributed by atoms with Gasteiger partial charge in [0.25, 0.3) is 5.91 Å². The van der Waals surface area contributed by atoms with E-state index in [9.17, 15) is 34.3 Å². The highest BCUT2D eigenvalue weighted by molar-refractivity contribution is 7.48. The zero-order valence-corrected chi connectivity index (χ0v) is 45.9. The van der Waals surface area contributed by atoms with Gasteiger partial charge in [-0.15, -0.1) is 0 Å². The minimum absolute atomic E-state index is 0.0324. The van der Waals surface area contributed by atoms with E-state index in [4.69, 9.17) is 28.8 Å². The van der Waals surface area contributed by atoms with Gasteiger partial charge >= 0.3 is 13.8 Å². The molecule has 14 nitrogen and oxygen atoms in total. The molecular weight excluding hydrogens is 948 g/mol. The fourth-order valence-corrected chi connectivity index (χ4v) is 13.2. The molecule has 5 rings (SSSR count). The molecule has 15 heteroatoms. The molecule has 0 aliphatic heterocycles. The van der Waals surface area contributed by atoms with E-state index < -0.39 is 43.6 Å². The van der Waals surface area contributed by atoms with Crippen LogP contribution in [0.1, 0.15) is 234 Å². The number of aliphatic hydroxyl groups is 2. The Bertz CT molecular complexity index is 2020.